The molecule has 2 unspecified atom stereocenters. The quantitative estimate of drug-likeness (QED) is 0.636. The third-order valence-corrected chi connectivity index (χ3v) is 8.03. The first-order valence-electron chi connectivity index (χ1n) is 11.3. The van der Waals surface area contributed by atoms with Gasteiger partial charge in [-0.05, 0) is 55.7 Å². The number of piperidine rings is 1. The van der Waals surface area contributed by atoms with Crippen molar-refractivity contribution in [2.75, 3.05) is 18.8 Å². The molecule has 168 valence electrons. The van der Waals surface area contributed by atoms with Crippen LogP contribution in [0.2, 0.25) is 0 Å². The molecule has 1 aliphatic rings. The lowest BCUT2D eigenvalue weighted by molar-refractivity contribution is -0.126. The minimum atomic E-state index is -3.35. The van der Waals surface area contributed by atoms with Gasteiger partial charge >= 0.3 is 0 Å². The van der Waals surface area contributed by atoms with Crippen molar-refractivity contribution in [1.82, 2.24) is 9.62 Å². The number of benzene rings is 2. The van der Waals surface area contributed by atoms with Gasteiger partial charge in [0.15, 0.2) is 0 Å². The highest BCUT2D eigenvalue weighted by molar-refractivity contribution is 7.89. The molecule has 31 heavy (non-hydrogen) atoms. The van der Waals surface area contributed by atoms with E-state index in [9.17, 15) is 13.2 Å². The molecule has 1 amide bonds. The molecule has 0 saturated carbocycles. The normalized spacial score (nSPS) is 18.5. The Hall–Kier alpha value is -2.18. The number of nitrogens with one attached hydrogen (secondary N) is 1. The van der Waals surface area contributed by atoms with Gasteiger partial charge in [0.05, 0.1) is 17.7 Å². The lowest BCUT2D eigenvalue weighted by Crippen LogP contribution is -2.46. The van der Waals surface area contributed by atoms with Crippen LogP contribution in [0.3, 0.4) is 0 Å². The van der Waals surface area contributed by atoms with Crippen molar-refractivity contribution in [3.8, 4) is 0 Å². The number of carbonyl (C=O) groups excluding carboxylic acids is 1. The van der Waals surface area contributed by atoms with Gasteiger partial charge in [-0.15, -0.1) is 0 Å². The zero-order chi connectivity index (χ0) is 22.3. The topological polar surface area (TPSA) is 66.5 Å². The molecule has 1 fully saturated rings. The summed E-state index contributed by atoms with van der Waals surface area (Å²) in [5.41, 5.74) is 3.48. The number of amides is 1. The first-order chi connectivity index (χ1) is 14.9. The lowest BCUT2D eigenvalue weighted by atomic mass is 9.97. The summed E-state index contributed by atoms with van der Waals surface area (Å²) < 4.78 is 27.2. The SMILES string of the molecule is CCc1ccc(C(C)NC(=O)C2CCCN(S(=O)(=O)CCCc3ccccc3)C2)cc1. The maximum atomic E-state index is 12.8. The molecule has 1 aliphatic heterocycles. The van der Waals surface area contributed by atoms with Crippen LogP contribution in [0, 0.1) is 5.92 Å². The Labute approximate surface area is 186 Å². The van der Waals surface area contributed by atoms with Gasteiger partial charge in [0.25, 0.3) is 0 Å². The molecule has 1 saturated heterocycles. The smallest absolute Gasteiger partial charge is 0.224 e. The van der Waals surface area contributed by atoms with Crippen LogP contribution in [0.1, 0.15) is 55.8 Å². The number of nitrogens with zero attached hydrogens (tertiary/aromatic N) is 1. The van der Waals surface area contributed by atoms with Crippen molar-refractivity contribution >= 4 is 15.9 Å². The van der Waals surface area contributed by atoms with Gasteiger partial charge in [-0.25, -0.2) is 12.7 Å². The van der Waals surface area contributed by atoms with E-state index in [1.807, 2.05) is 49.4 Å². The number of hydrogen-bond acceptors (Lipinski definition) is 3. The first-order valence-corrected chi connectivity index (χ1v) is 12.9. The maximum absolute atomic E-state index is 12.8. The number of sulfonamides is 1. The van der Waals surface area contributed by atoms with E-state index in [-0.39, 0.29) is 30.2 Å². The molecular formula is C25H34N2O3S. The summed E-state index contributed by atoms with van der Waals surface area (Å²) in [6, 6.07) is 18.1. The number of carbonyl (C=O) groups is 1. The minimum absolute atomic E-state index is 0.0590. The summed E-state index contributed by atoms with van der Waals surface area (Å²) >= 11 is 0. The second-order valence-electron chi connectivity index (χ2n) is 8.43. The summed E-state index contributed by atoms with van der Waals surface area (Å²) in [5.74, 6) is -0.234. The van der Waals surface area contributed by atoms with E-state index in [2.05, 4.69) is 24.4 Å². The van der Waals surface area contributed by atoms with Crippen LogP contribution in [-0.2, 0) is 27.7 Å². The van der Waals surface area contributed by atoms with E-state index in [0.717, 1.165) is 36.8 Å². The van der Waals surface area contributed by atoms with Crippen LogP contribution >= 0.6 is 0 Å². The highest BCUT2D eigenvalue weighted by Crippen LogP contribution is 2.22. The number of aryl methyl sites for hydroxylation is 2. The van der Waals surface area contributed by atoms with Crippen molar-refractivity contribution in [1.29, 1.82) is 0 Å². The van der Waals surface area contributed by atoms with Crippen molar-refractivity contribution in [2.45, 2.75) is 52.0 Å². The highest BCUT2D eigenvalue weighted by atomic mass is 32.2. The van der Waals surface area contributed by atoms with E-state index in [1.54, 1.807) is 0 Å². The van der Waals surface area contributed by atoms with Crippen molar-refractivity contribution < 1.29 is 13.2 Å². The fourth-order valence-electron chi connectivity index (χ4n) is 4.10. The Bertz CT molecular complexity index is 942. The van der Waals surface area contributed by atoms with Gasteiger partial charge in [-0.1, -0.05) is 61.5 Å². The fourth-order valence-corrected chi connectivity index (χ4v) is 5.68. The predicted octanol–water partition coefficient (Wildman–Crippen LogP) is 4.10. The van der Waals surface area contributed by atoms with E-state index in [4.69, 9.17) is 0 Å². The third kappa shape index (κ3) is 6.65. The van der Waals surface area contributed by atoms with Gasteiger partial charge in [0.2, 0.25) is 15.9 Å². The fraction of sp³-hybridized carbons (Fsp3) is 0.480. The minimum Gasteiger partial charge on any atom is -0.349 e. The van der Waals surface area contributed by atoms with Crippen molar-refractivity contribution in [3.05, 3.63) is 71.3 Å². The Balaban J connectivity index is 1.52. The zero-order valence-corrected chi connectivity index (χ0v) is 19.4. The monoisotopic (exact) mass is 442 g/mol. The Morgan fingerprint density at radius 3 is 2.48 bits per heavy atom. The van der Waals surface area contributed by atoms with E-state index >= 15 is 0 Å². The molecule has 5 nitrogen and oxygen atoms in total. The van der Waals surface area contributed by atoms with Gasteiger partial charge in [0.1, 0.15) is 0 Å². The Kier molecular flexibility index (Phi) is 8.27. The van der Waals surface area contributed by atoms with Crippen LogP contribution in [0.4, 0.5) is 0 Å². The molecule has 0 radical (unpaired) electrons. The van der Waals surface area contributed by atoms with Crippen LogP contribution in [0.25, 0.3) is 0 Å². The molecule has 2 aromatic rings. The van der Waals surface area contributed by atoms with Crippen molar-refractivity contribution in [3.63, 3.8) is 0 Å². The standard InChI is InChI=1S/C25H34N2O3S/c1-3-21-13-15-23(16-14-21)20(2)26-25(28)24-12-7-17-27(19-24)31(29,30)18-8-11-22-9-5-4-6-10-22/h4-6,9-10,13-16,20,24H,3,7-8,11-12,17-19H2,1-2H3,(H,26,28). The highest BCUT2D eigenvalue weighted by Gasteiger charge is 2.32. The molecule has 3 rings (SSSR count). The summed E-state index contributed by atoms with van der Waals surface area (Å²) in [5, 5.41) is 3.08. The number of rotatable bonds is 9. The molecule has 0 aromatic heterocycles. The van der Waals surface area contributed by atoms with Crippen LogP contribution in [-0.4, -0.2) is 37.5 Å². The van der Waals surface area contributed by atoms with Crippen LogP contribution in [0.15, 0.2) is 54.6 Å². The summed E-state index contributed by atoms with van der Waals surface area (Å²) in [6.45, 7) is 4.87. The van der Waals surface area contributed by atoms with E-state index < -0.39 is 10.0 Å². The Morgan fingerprint density at radius 2 is 1.81 bits per heavy atom. The van der Waals surface area contributed by atoms with E-state index in [1.165, 1.54) is 9.87 Å². The van der Waals surface area contributed by atoms with Gasteiger partial charge in [0, 0.05) is 13.1 Å². The predicted molar refractivity (Wildman–Crippen MR) is 125 cm³/mol. The summed E-state index contributed by atoms with van der Waals surface area (Å²) in [7, 11) is -3.35. The second-order valence-corrected chi connectivity index (χ2v) is 10.5. The average molecular weight is 443 g/mol. The molecule has 0 aliphatic carbocycles. The van der Waals surface area contributed by atoms with Gasteiger partial charge < -0.3 is 5.32 Å². The molecule has 6 heteroatoms. The Morgan fingerprint density at radius 1 is 1.10 bits per heavy atom. The average Bonchev–Trinajstić information content (AvgIpc) is 2.79. The zero-order valence-electron chi connectivity index (χ0n) is 18.6. The summed E-state index contributed by atoms with van der Waals surface area (Å²) in [6.07, 6.45) is 3.76. The second kappa shape index (κ2) is 10.9. The molecule has 0 spiro atoms. The molecule has 2 atom stereocenters. The molecular weight excluding hydrogens is 408 g/mol. The lowest BCUT2D eigenvalue weighted by Gasteiger charge is -2.32. The van der Waals surface area contributed by atoms with Crippen LogP contribution in [0.5, 0.6) is 0 Å². The van der Waals surface area contributed by atoms with Gasteiger partial charge in [-0.2, -0.15) is 0 Å². The molecule has 2 aromatic carbocycles. The first kappa shape index (κ1) is 23.5. The summed E-state index contributed by atoms with van der Waals surface area (Å²) in [4.78, 5) is 12.8. The molecule has 0 bridgehead atoms. The molecule has 1 N–H and O–H groups in total. The number of hydrogen-bond donors (Lipinski definition) is 1. The van der Waals surface area contributed by atoms with E-state index in [0.29, 0.717) is 13.0 Å². The van der Waals surface area contributed by atoms with Crippen molar-refractivity contribution in [2.24, 2.45) is 5.92 Å². The maximum Gasteiger partial charge on any atom is 0.224 e. The third-order valence-electron chi connectivity index (χ3n) is 6.11. The molecule has 1 heterocycles. The van der Waals surface area contributed by atoms with Crippen LogP contribution < -0.4 is 5.32 Å². The van der Waals surface area contributed by atoms with Gasteiger partial charge in [-0.3, -0.25) is 4.79 Å². The largest absolute Gasteiger partial charge is 0.349 e.